The summed E-state index contributed by atoms with van der Waals surface area (Å²) in [4.78, 5) is 34.6. The number of rotatable bonds is 4. The Hall–Kier alpha value is -3.70. The van der Waals surface area contributed by atoms with Gasteiger partial charge in [0.2, 0.25) is 0 Å². The predicted octanol–water partition coefficient (Wildman–Crippen LogP) is 1.62. The molecule has 1 rings (SSSR count). The zero-order valence-electron chi connectivity index (χ0n) is 26.5. The summed E-state index contributed by atoms with van der Waals surface area (Å²) in [5.41, 5.74) is 3.83. The minimum absolute atomic E-state index is 0.815. The second-order valence-corrected chi connectivity index (χ2v) is 9.74. The SMILES string of the molecule is CN=C(N(C)C)N(C)c1cc(N(C)C(=NC)N(C)C)c(N(C)C(=NC)N(C)C)cc1N(C)C(=NC)N(C)C. The van der Waals surface area contributed by atoms with Crippen LogP contribution in [0.25, 0.3) is 0 Å². The van der Waals surface area contributed by atoms with Crippen LogP contribution < -0.4 is 19.6 Å². The molecule has 0 aliphatic carbocycles. The molecule has 1 aromatic carbocycles. The molecule has 38 heavy (non-hydrogen) atoms. The zero-order chi connectivity index (χ0) is 29.5. The second-order valence-electron chi connectivity index (χ2n) is 9.74. The van der Waals surface area contributed by atoms with Crippen molar-refractivity contribution in [2.24, 2.45) is 20.0 Å². The third kappa shape index (κ3) is 6.78. The van der Waals surface area contributed by atoms with Crippen molar-refractivity contribution in [2.75, 3.05) is 132 Å². The Morgan fingerprint density at radius 1 is 0.368 bits per heavy atom. The van der Waals surface area contributed by atoms with E-state index in [9.17, 15) is 0 Å². The monoisotopic (exact) mass is 530 g/mol. The summed E-state index contributed by atoms with van der Waals surface area (Å²) in [6.45, 7) is 0. The third-order valence-corrected chi connectivity index (χ3v) is 6.12. The van der Waals surface area contributed by atoms with E-state index in [4.69, 9.17) is 0 Å². The lowest BCUT2D eigenvalue weighted by atomic mass is 10.1. The lowest BCUT2D eigenvalue weighted by Gasteiger charge is -2.37. The fourth-order valence-corrected chi connectivity index (χ4v) is 4.66. The van der Waals surface area contributed by atoms with Crippen LogP contribution >= 0.6 is 0 Å². The van der Waals surface area contributed by atoms with Gasteiger partial charge in [-0.05, 0) is 12.1 Å². The zero-order valence-corrected chi connectivity index (χ0v) is 26.5. The molecule has 0 bridgehead atoms. The van der Waals surface area contributed by atoms with Crippen LogP contribution in [-0.2, 0) is 0 Å². The summed E-state index contributed by atoms with van der Waals surface area (Å²) in [5, 5.41) is 0. The number of aliphatic imine (C=N–C) groups is 4. The first kappa shape index (κ1) is 32.3. The maximum Gasteiger partial charge on any atom is 0.200 e. The fraction of sp³-hybridized carbons (Fsp3) is 0.615. The first-order valence-electron chi connectivity index (χ1n) is 12.4. The molecule has 0 unspecified atom stereocenters. The number of hydrogen-bond donors (Lipinski definition) is 0. The van der Waals surface area contributed by atoms with Gasteiger partial charge in [-0.1, -0.05) is 0 Å². The molecule has 0 atom stereocenters. The highest BCUT2D eigenvalue weighted by atomic mass is 15.4. The molecule has 12 heteroatoms. The summed E-state index contributed by atoms with van der Waals surface area (Å²) >= 11 is 0. The van der Waals surface area contributed by atoms with Crippen molar-refractivity contribution < 1.29 is 0 Å². The Kier molecular flexibility index (Phi) is 11.7. The van der Waals surface area contributed by atoms with Crippen molar-refractivity contribution in [3.63, 3.8) is 0 Å². The molecule has 0 aliphatic rings. The van der Waals surface area contributed by atoms with E-state index in [2.05, 4.69) is 51.7 Å². The van der Waals surface area contributed by atoms with E-state index in [0.717, 1.165) is 46.6 Å². The molecule has 0 spiro atoms. The maximum atomic E-state index is 4.57. The number of benzene rings is 1. The maximum absolute atomic E-state index is 4.57. The van der Waals surface area contributed by atoms with Gasteiger partial charge >= 0.3 is 0 Å². The average molecular weight is 531 g/mol. The van der Waals surface area contributed by atoms with E-state index in [-0.39, 0.29) is 0 Å². The topological polar surface area (TPSA) is 75.4 Å². The van der Waals surface area contributed by atoms with Gasteiger partial charge in [0.25, 0.3) is 0 Å². The molecule has 0 N–H and O–H groups in total. The molecular formula is C26H50N12. The van der Waals surface area contributed by atoms with Crippen molar-refractivity contribution in [3.05, 3.63) is 12.1 Å². The highest BCUT2D eigenvalue weighted by Crippen LogP contribution is 2.41. The van der Waals surface area contributed by atoms with E-state index in [1.807, 2.05) is 104 Å². The number of guanidine groups is 4. The Morgan fingerprint density at radius 3 is 0.632 bits per heavy atom. The van der Waals surface area contributed by atoms with Crippen molar-refractivity contribution >= 4 is 46.6 Å². The Labute approximate surface area is 230 Å². The summed E-state index contributed by atoms with van der Waals surface area (Å²) in [5.74, 6) is 3.26. The summed E-state index contributed by atoms with van der Waals surface area (Å²) < 4.78 is 0. The standard InChI is InChI=1S/C26H50N12/c1-27-23(31(5)6)35(13)19-17-21(37(15)25(29-3)33(9)10)22(38(16)26(30-4)34(11)12)18-20(19)36(14)24(28-2)32(7)8/h17-18H,1-16H3. The molecule has 0 heterocycles. The molecule has 0 aliphatic heterocycles. The van der Waals surface area contributed by atoms with Gasteiger partial charge in [-0.2, -0.15) is 0 Å². The minimum atomic E-state index is 0.815. The quantitative estimate of drug-likeness (QED) is 0.430. The lowest BCUT2D eigenvalue weighted by molar-refractivity contribution is 0.603. The summed E-state index contributed by atoms with van der Waals surface area (Å²) in [7, 11) is 31.3. The molecule has 0 amide bonds. The van der Waals surface area contributed by atoms with E-state index in [1.165, 1.54) is 0 Å². The minimum Gasteiger partial charge on any atom is -0.349 e. The van der Waals surface area contributed by atoms with E-state index >= 15 is 0 Å². The van der Waals surface area contributed by atoms with E-state index in [0.29, 0.717) is 0 Å². The molecule has 0 saturated carbocycles. The van der Waals surface area contributed by atoms with E-state index in [1.54, 1.807) is 28.2 Å². The number of anilines is 4. The largest absolute Gasteiger partial charge is 0.349 e. The Bertz CT molecular complexity index is 890. The molecule has 0 aromatic heterocycles. The number of hydrogen-bond acceptors (Lipinski definition) is 4. The normalized spacial score (nSPS) is 12.8. The van der Waals surface area contributed by atoms with Crippen molar-refractivity contribution in [1.82, 2.24) is 19.6 Å². The van der Waals surface area contributed by atoms with E-state index < -0.39 is 0 Å². The highest BCUT2D eigenvalue weighted by molar-refractivity contribution is 6.10. The fourth-order valence-electron chi connectivity index (χ4n) is 4.66. The lowest BCUT2D eigenvalue weighted by Crippen LogP contribution is -2.43. The van der Waals surface area contributed by atoms with Crippen LogP contribution in [0.3, 0.4) is 0 Å². The Morgan fingerprint density at radius 2 is 0.526 bits per heavy atom. The van der Waals surface area contributed by atoms with Crippen LogP contribution in [0.5, 0.6) is 0 Å². The van der Waals surface area contributed by atoms with Crippen molar-refractivity contribution in [1.29, 1.82) is 0 Å². The second kappa shape index (κ2) is 13.7. The first-order valence-corrected chi connectivity index (χ1v) is 12.4. The predicted molar refractivity (Wildman–Crippen MR) is 168 cm³/mol. The first-order chi connectivity index (χ1) is 17.7. The van der Waals surface area contributed by atoms with Crippen molar-refractivity contribution in [2.45, 2.75) is 0 Å². The molecule has 214 valence electrons. The third-order valence-electron chi connectivity index (χ3n) is 6.12. The van der Waals surface area contributed by atoms with Gasteiger partial charge in [0.05, 0.1) is 22.7 Å². The van der Waals surface area contributed by atoms with Gasteiger partial charge in [-0.3, -0.25) is 20.0 Å². The van der Waals surface area contributed by atoms with Crippen LogP contribution in [0.2, 0.25) is 0 Å². The van der Waals surface area contributed by atoms with Crippen LogP contribution in [0.4, 0.5) is 22.7 Å². The molecule has 0 fully saturated rings. The molecular weight excluding hydrogens is 480 g/mol. The van der Waals surface area contributed by atoms with Gasteiger partial charge in [-0.15, -0.1) is 0 Å². The van der Waals surface area contributed by atoms with Gasteiger partial charge < -0.3 is 39.2 Å². The summed E-state index contributed by atoms with van der Waals surface area (Å²) in [6.07, 6.45) is 0. The van der Waals surface area contributed by atoms with Crippen LogP contribution in [0.1, 0.15) is 0 Å². The highest BCUT2D eigenvalue weighted by Gasteiger charge is 2.27. The Balaban J connectivity index is 4.26. The number of nitrogens with zero attached hydrogens (tertiary/aromatic N) is 12. The molecule has 12 nitrogen and oxygen atoms in total. The van der Waals surface area contributed by atoms with Gasteiger partial charge in [0.1, 0.15) is 0 Å². The van der Waals surface area contributed by atoms with Crippen LogP contribution in [-0.4, -0.2) is 156 Å². The molecule has 0 saturated heterocycles. The molecule has 0 radical (unpaired) electrons. The van der Waals surface area contributed by atoms with Crippen LogP contribution in [0, 0.1) is 0 Å². The smallest absolute Gasteiger partial charge is 0.200 e. The van der Waals surface area contributed by atoms with Gasteiger partial charge in [0.15, 0.2) is 23.8 Å². The summed E-state index contributed by atoms with van der Waals surface area (Å²) in [6, 6.07) is 4.35. The van der Waals surface area contributed by atoms with Gasteiger partial charge in [-0.25, -0.2) is 0 Å². The van der Waals surface area contributed by atoms with Crippen molar-refractivity contribution in [3.8, 4) is 0 Å². The van der Waals surface area contributed by atoms with Crippen LogP contribution in [0.15, 0.2) is 32.1 Å². The molecule has 1 aromatic rings. The van der Waals surface area contributed by atoms with Gasteiger partial charge in [0, 0.05) is 113 Å². The average Bonchev–Trinajstić information content (AvgIpc) is 2.83.